The van der Waals surface area contributed by atoms with Crippen molar-refractivity contribution < 1.29 is 4.74 Å². The Morgan fingerprint density at radius 3 is 2.23 bits per heavy atom. The van der Waals surface area contributed by atoms with Crippen LogP contribution in [0.25, 0.3) is 0 Å². The normalized spacial score (nSPS) is 13.3. The molecule has 22 heavy (non-hydrogen) atoms. The molecule has 1 aromatic rings. The van der Waals surface area contributed by atoms with Crippen LogP contribution in [0.15, 0.2) is 12.1 Å². The van der Waals surface area contributed by atoms with Gasteiger partial charge in [0.05, 0.1) is 0 Å². The van der Waals surface area contributed by atoms with Crippen LogP contribution in [0.1, 0.15) is 65.2 Å². The third-order valence-electron chi connectivity index (χ3n) is 4.21. The first-order valence-corrected chi connectivity index (χ1v) is 20.0. The van der Waals surface area contributed by atoms with Crippen LogP contribution in [0.5, 0.6) is 5.06 Å². The van der Waals surface area contributed by atoms with Gasteiger partial charge >= 0.3 is 147 Å². The van der Waals surface area contributed by atoms with Gasteiger partial charge in [0.1, 0.15) is 0 Å². The van der Waals surface area contributed by atoms with Crippen LogP contribution in [-0.2, 0) is 0 Å². The molecule has 1 unspecified atom stereocenters. The molecule has 0 aromatic carbocycles. The molecule has 0 spiro atoms. The number of thiophene rings is 1. The van der Waals surface area contributed by atoms with E-state index in [1.54, 1.807) is 2.89 Å². The van der Waals surface area contributed by atoms with E-state index in [1.165, 1.54) is 51.4 Å². The van der Waals surface area contributed by atoms with Crippen LogP contribution in [-0.4, -0.2) is 25.0 Å². The first kappa shape index (κ1) is 20.3. The zero-order chi connectivity index (χ0) is 16.4. The Bertz CT molecular complexity index is 394. The molecule has 0 aliphatic heterocycles. The van der Waals surface area contributed by atoms with Crippen molar-refractivity contribution in [2.24, 2.45) is 5.92 Å². The molecule has 1 aromatic heterocycles. The summed E-state index contributed by atoms with van der Waals surface area (Å²) in [7, 11) is 0. The van der Waals surface area contributed by atoms with Gasteiger partial charge < -0.3 is 0 Å². The first-order valence-electron chi connectivity index (χ1n) is 9.20. The third kappa shape index (κ3) is 8.24. The molecule has 0 aliphatic rings. The number of rotatable bonds is 12. The number of hydrogen-bond acceptors (Lipinski definition) is 2. The van der Waals surface area contributed by atoms with Crippen LogP contribution < -0.4 is 7.63 Å². The Balaban J connectivity index is 2.42. The van der Waals surface area contributed by atoms with Crippen molar-refractivity contribution in [3.05, 3.63) is 12.1 Å². The van der Waals surface area contributed by atoms with Gasteiger partial charge in [-0.05, 0) is 0 Å². The Kier molecular flexibility index (Phi) is 10.1. The van der Waals surface area contributed by atoms with Gasteiger partial charge in [0.2, 0.25) is 0 Å². The quantitative estimate of drug-likeness (QED) is 0.273. The Morgan fingerprint density at radius 2 is 1.64 bits per heavy atom. The van der Waals surface area contributed by atoms with E-state index in [2.05, 4.69) is 40.8 Å². The van der Waals surface area contributed by atoms with Gasteiger partial charge in [-0.1, -0.05) is 0 Å². The Labute approximate surface area is 146 Å². The second-order valence-corrected chi connectivity index (χ2v) is 24.0. The summed E-state index contributed by atoms with van der Waals surface area (Å²) in [6, 6.07) is 4.52. The molecule has 128 valence electrons. The van der Waals surface area contributed by atoms with E-state index < -0.39 is 18.4 Å². The zero-order valence-electron chi connectivity index (χ0n) is 15.4. The summed E-state index contributed by atoms with van der Waals surface area (Å²) in [5.74, 6) is 0.750. The third-order valence-corrected chi connectivity index (χ3v) is 14.7. The summed E-state index contributed by atoms with van der Waals surface area (Å²) in [6.45, 7) is 5.49. The minimum atomic E-state index is -1.90. The molecule has 0 N–H and O–H groups in total. The van der Waals surface area contributed by atoms with Crippen LogP contribution >= 0.6 is 11.3 Å². The van der Waals surface area contributed by atoms with Crippen molar-refractivity contribution in [2.45, 2.75) is 80.0 Å². The Hall–Kier alpha value is 0.299. The van der Waals surface area contributed by atoms with Crippen molar-refractivity contribution in [2.75, 3.05) is 6.61 Å². The molecule has 0 saturated carbocycles. The van der Waals surface area contributed by atoms with Gasteiger partial charge in [-0.15, -0.1) is 0 Å². The van der Waals surface area contributed by atoms with Crippen LogP contribution in [0, 0.1) is 5.92 Å². The predicted molar refractivity (Wildman–Crippen MR) is 105 cm³/mol. The number of unbranched alkanes of at least 4 members (excludes halogenated alkanes) is 4. The topological polar surface area (TPSA) is 9.23 Å². The van der Waals surface area contributed by atoms with Crippen LogP contribution in [0.4, 0.5) is 0 Å². The molecule has 1 rings (SSSR count). The summed E-state index contributed by atoms with van der Waals surface area (Å²) in [6.07, 6.45) is 10.8. The van der Waals surface area contributed by atoms with E-state index in [0.717, 1.165) is 17.6 Å². The van der Waals surface area contributed by atoms with Gasteiger partial charge in [-0.3, -0.25) is 0 Å². The molecular weight excluding hydrogens is 395 g/mol. The van der Waals surface area contributed by atoms with Gasteiger partial charge in [0.15, 0.2) is 0 Å². The molecule has 1 nitrogen and oxygen atoms in total. The fourth-order valence-corrected chi connectivity index (χ4v) is 8.73. The van der Waals surface area contributed by atoms with E-state index in [-0.39, 0.29) is 0 Å². The van der Waals surface area contributed by atoms with Crippen LogP contribution in [0.3, 0.4) is 0 Å². The van der Waals surface area contributed by atoms with Crippen molar-refractivity contribution in [3.8, 4) is 5.06 Å². The van der Waals surface area contributed by atoms with Crippen molar-refractivity contribution in [1.29, 1.82) is 0 Å². The van der Waals surface area contributed by atoms with Gasteiger partial charge in [-0.2, -0.15) is 0 Å². The maximum atomic E-state index is 6.15. The zero-order valence-corrected chi connectivity index (χ0v) is 19.1. The summed E-state index contributed by atoms with van der Waals surface area (Å²) in [5, 5.41) is 1.15. The summed E-state index contributed by atoms with van der Waals surface area (Å²) in [4.78, 5) is 7.42. The van der Waals surface area contributed by atoms with Gasteiger partial charge in [0, 0.05) is 0 Å². The second-order valence-electron chi connectivity index (χ2n) is 7.54. The van der Waals surface area contributed by atoms with E-state index in [0.29, 0.717) is 0 Å². The molecule has 0 fully saturated rings. The standard InChI is InChI=1S/C16H27OS.3CH3.Sn/c1-3-5-7-8-11-15(10-6-4-2)14-17-16-12-9-13-18-16;;;;/h9,12,15H,3-8,10-11,14H2,1-2H3;3*1H3;. The molecule has 3 heteroatoms. The van der Waals surface area contributed by atoms with E-state index in [1.807, 2.05) is 11.3 Å². The van der Waals surface area contributed by atoms with Gasteiger partial charge in [-0.25, -0.2) is 0 Å². The average Bonchev–Trinajstić information content (AvgIpc) is 2.94. The molecule has 0 saturated heterocycles. The number of ether oxygens (including phenoxy) is 1. The fourth-order valence-electron chi connectivity index (χ4n) is 2.66. The average molecular weight is 431 g/mol. The molecule has 1 atom stereocenters. The molecule has 0 amide bonds. The summed E-state index contributed by atoms with van der Waals surface area (Å²) >= 11 is 0.00471. The Morgan fingerprint density at radius 1 is 0.955 bits per heavy atom. The second kappa shape index (κ2) is 11.0. The minimum absolute atomic E-state index is 0.750. The van der Waals surface area contributed by atoms with E-state index >= 15 is 0 Å². The van der Waals surface area contributed by atoms with E-state index in [9.17, 15) is 0 Å². The SMILES string of the molecule is CCCCCCC(CCCC)COc1cc[c]([Sn]([CH3])([CH3])[CH3])s1. The molecule has 1 heterocycles. The fraction of sp³-hybridized carbons (Fsp3) is 0.789. The molecule has 0 aliphatic carbocycles. The monoisotopic (exact) mass is 432 g/mol. The van der Waals surface area contributed by atoms with Crippen molar-refractivity contribution >= 4 is 32.6 Å². The predicted octanol–water partition coefficient (Wildman–Crippen LogP) is 6.45. The number of hydrogen-bond donors (Lipinski definition) is 0. The van der Waals surface area contributed by atoms with Crippen molar-refractivity contribution in [1.82, 2.24) is 0 Å². The maximum absolute atomic E-state index is 6.15. The molecule has 0 radical (unpaired) electrons. The van der Waals surface area contributed by atoms with Gasteiger partial charge in [0.25, 0.3) is 0 Å². The molecular formula is C19H36OSSn. The first-order chi connectivity index (χ1) is 10.5. The van der Waals surface area contributed by atoms with Crippen molar-refractivity contribution in [3.63, 3.8) is 0 Å². The van der Waals surface area contributed by atoms with E-state index in [4.69, 9.17) is 4.74 Å². The van der Waals surface area contributed by atoms with Crippen LogP contribution in [0.2, 0.25) is 14.8 Å². The summed E-state index contributed by atoms with van der Waals surface area (Å²) < 4.78 is 7.77. The summed E-state index contributed by atoms with van der Waals surface area (Å²) in [5.41, 5.74) is 0. The molecule has 0 bridgehead atoms.